The van der Waals surface area contributed by atoms with Gasteiger partial charge in [0.25, 0.3) is 0 Å². The van der Waals surface area contributed by atoms with Crippen LogP contribution >= 0.6 is 0 Å². The molecule has 0 unspecified atom stereocenters. The largest absolute Gasteiger partial charge is 0.493 e. The summed E-state index contributed by atoms with van der Waals surface area (Å²) in [5, 5.41) is 0. The van der Waals surface area contributed by atoms with Crippen LogP contribution < -0.4 is 4.74 Å². The third-order valence-corrected chi connectivity index (χ3v) is 5.93. The Bertz CT molecular complexity index is 940. The van der Waals surface area contributed by atoms with Crippen molar-refractivity contribution >= 4 is 11.0 Å². The van der Waals surface area contributed by atoms with Crippen molar-refractivity contribution in [2.45, 2.75) is 52.5 Å². The standard InChI is InChI=1S/C25H33N3O/c1-20-12-13-21(2)24(19-20)29-18-8-17-28-23-10-4-3-9-22(23)26-25(28)11-7-16-27-14-5-6-15-27/h3-4,9-10,12-13,19H,5-8,11,14-18H2,1-2H3. The first kappa shape index (κ1) is 20.0. The van der Waals surface area contributed by atoms with E-state index in [9.17, 15) is 0 Å². The molecule has 1 saturated heterocycles. The van der Waals surface area contributed by atoms with Gasteiger partial charge in [-0.2, -0.15) is 0 Å². The van der Waals surface area contributed by atoms with E-state index in [2.05, 4.69) is 65.8 Å². The van der Waals surface area contributed by atoms with Gasteiger partial charge in [0.05, 0.1) is 17.6 Å². The van der Waals surface area contributed by atoms with Gasteiger partial charge in [-0.15, -0.1) is 0 Å². The minimum absolute atomic E-state index is 0.726. The zero-order valence-electron chi connectivity index (χ0n) is 17.9. The van der Waals surface area contributed by atoms with Gasteiger partial charge in [0, 0.05) is 13.0 Å². The second kappa shape index (κ2) is 9.45. The number of ether oxygens (including phenoxy) is 1. The van der Waals surface area contributed by atoms with Crippen molar-refractivity contribution in [2.24, 2.45) is 0 Å². The maximum absolute atomic E-state index is 6.08. The maximum atomic E-state index is 6.08. The Morgan fingerprint density at radius 3 is 2.66 bits per heavy atom. The molecule has 4 rings (SSSR count). The minimum Gasteiger partial charge on any atom is -0.493 e. The molecule has 0 saturated carbocycles. The van der Waals surface area contributed by atoms with Crippen LogP contribution in [0.4, 0.5) is 0 Å². The number of fused-ring (bicyclic) bond motifs is 1. The predicted molar refractivity (Wildman–Crippen MR) is 120 cm³/mol. The molecule has 1 aliphatic heterocycles. The first-order valence-corrected chi connectivity index (χ1v) is 11.1. The van der Waals surface area contributed by atoms with Gasteiger partial charge in [0.2, 0.25) is 0 Å². The number of aryl methyl sites for hydroxylation is 4. The molecule has 0 aliphatic carbocycles. The summed E-state index contributed by atoms with van der Waals surface area (Å²) in [6.07, 6.45) is 5.93. The molecule has 1 fully saturated rings. The van der Waals surface area contributed by atoms with Crippen LogP contribution in [0.3, 0.4) is 0 Å². The van der Waals surface area contributed by atoms with Crippen LogP contribution in [-0.4, -0.2) is 40.7 Å². The fourth-order valence-corrected chi connectivity index (χ4v) is 4.30. The first-order chi connectivity index (χ1) is 14.2. The molecular weight excluding hydrogens is 358 g/mol. The summed E-state index contributed by atoms with van der Waals surface area (Å²) >= 11 is 0. The maximum Gasteiger partial charge on any atom is 0.122 e. The third-order valence-electron chi connectivity index (χ3n) is 5.93. The molecule has 154 valence electrons. The van der Waals surface area contributed by atoms with Crippen molar-refractivity contribution in [3.8, 4) is 5.75 Å². The fraction of sp³-hybridized carbons (Fsp3) is 0.480. The Hall–Kier alpha value is -2.33. The van der Waals surface area contributed by atoms with E-state index in [4.69, 9.17) is 9.72 Å². The van der Waals surface area contributed by atoms with Crippen LogP contribution in [0.25, 0.3) is 11.0 Å². The zero-order valence-corrected chi connectivity index (χ0v) is 17.9. The molecule has 2 aromatic carbocycles. The number of hydrogen-bond donors (Lipinski definition) is 0. The quantitative estimate of drug-likeness (QED) is 0.473. The zero-order chi connectivity index (χ0) is 20.1. The highest BCUT2D eigenvalue weighted by Gasteiger charge is 2.13. The van der Waals surface area contributed by atoms with Crippen LogP contribution in [0.2, 0.25) is 0 Å². The molecule has 1 aromatic heterocycles. The van der Waals surface area contributed by atoms with Crippen molar-refractivity contribution in [2.75, 3.05) is 26.2 Å². The minimum atomic E-state index is 0.726. The Morgan fingerprint density at radius 1 is 0.966 bits per heavy atom. The lowest BCUT2D eigenvalue weighted by atomic mass is 10.1. The van der Waals surface area contributed by atoms with Gasteiger partial charge in [-0.1, -0.05) is 24.3 Å². The SMILES string of the molecule is Cc1ccc(C)c(OCCCn2c(CCCN3CCCC3)nc3ccccc32)c1. The van der Waals surface area contributed by atoms with Gasteiger partial charge in [-0.05, 0) is 88.5 Å². The summed E-state index contributed by atoms with van der Waals surface area (Å²) in [4.78, 5) is 7.53. The lowest BCUT2D eigenvalue weighted by Gasteiger charge is -2.15. The van der Waals surface area contributed by atoms with Crippen molar-refractivity contribution < 1.29 is 4.74 Å². The molecule has 0 N–H and O–H groups in total. The lowest BCUT2D eigenvalue weighted by Crippen LogP contribution is -2.21. The molecule has 1 aliphatic rings. The van der Waals surface area contributed by atoms with E-state index in [1.54, 1.807) is 0 Å². The fourth-order valence-electron chi connectivity index (χ4n) is 4.30. The molecular formula is C25H33N3O. The number of aromatic nitrogens is 2. The smallest absolute Gasteiger partial charge is 0.122 e. The van der Waals surface area contributed by atoms with Crippen molar-refractivity contribution in [3.05, 3.63) is 59.4 Å². The molecule has 2 heterocycles. The van der Waals surface area contributed by atoms with E-state index in [0.717, 1.165) is 37.3 Å². The lowest BCUT2D eigenvalue weighted by molar-refractivity contribution is 0.299. The summed E-state index contributed by atoms with van der Waals surface area (Å²) in [7, 11) is 0. The topological polar surface area (TPSA) is 30.3 Å². The third kappa shape index (κ3) is 4.99. The molecule has 0 bridgehead atoms. The molecule has 0 atom stereocenters. The summed E-state index contributed by atoms with van der Waals surface area (Å²) in [6, 6.07) is 14.9. The van der Waals surface area contributed by atoms with Gasteiger partial charge >= 0.3 is 0 Å². The van der Waals surface area contributed by atoms with E-state index in [-0.39, 0.29) is 0 Å². The van der Waals surface area contributed by atoms with E-state index in [1.807, 2.05) is 0 Å². The van der Waals surface area contributed by atoms with Gasteiger partial charge in [-0.3, -0.25) is 0 Å². The van der Waals surface area contributed by atoms with Crippen molar-refractivity contribution in [3.63, 3.8) is 0 Å². The summed E-state index contributed by atoms with van der Waals surface area (Å²) in [5.41, 5.74) is 4.80. The molecule has 4 nitrogen and oxygen atoms in total. The predicted octanol–water partition coefficient (Wildman–Crippen LogP) is 5.15. The summed E-state index contributed by atoms with van der Waals surface area (Å²) in [6.45, 7) is 9.63. The molecule has 3 aromatic rings. The highest BCUT2D eigenvalue weighted by atomic mass is 16.5. The second-order valence-corrected chi connectivity index (χ2v) is 8.29. The second-order valence-electron chi connectivity index (χ2n) is 8.29. The van der Waals surface area contributed by atoms with E-state index in [1.165, 1.54) is 61.4 Å². The molecule has 0 spiro atoms. The van der Waals surface area contributed by atoms with Crippen molar-refractivity contribution in [1.29, 1.82) is 0 Å². The Balaban J connectivity index is 1.38. The number of para-hydroxylation sites is 2. The van der Waals surface area contributed by atoms with Gasteiger partial charge in [0.1, 0.15) is 11.6 Å². The van der Waals surface area contributed by atoms with Gasteiger partial charge in [-0.25, -0.2) is 4.98 Å². The monoisotopic (exact) mass is 391 g/mol. The Kier molecular flexibility index (Phi) is 6.50. The molecule has 0 amide bonds. The normalized spacial score (nSPS) is 14.7. The van der Waals surface area contributed by atoms with Crippen LogP contribution in [0.15, 0.2) is 42.5 Å². The highest BCUT2D eigenvalue weighted by Crippen LogP contribution is 2.21. The average Bonchev–Trinajstić information content (AvgIpc) is 3.36. The average molecular weight is 392 g/mol. The molecule has 0 radical (unpaired) electrons. The Labute approximate surface area is 174 Å². The number of hydrogen-bond acceptors (Lipinski definition) is 3. The number of likely N-dealkylation sites (tertiary alicyclic amines) is 1. The van der Waals surface area contributed by atoms with E-state index >= 15 is 0 Å². The van der Waals surface area contributed by atoms with Crippen LogP contribution in [0.1, 0.15) is 42.6 Å². The van der Waals surface area contributed by atoms with Crippen molar-refractivity contribution in [1.82, 2.24) is 14.5 Å². The number of nitrogens with zero attached hydrogens (tertiary/aromatic N) is 3. The Morgan fingerprint density at radius 2 is 1.79 bits per heavy atom. The van der Waals surface area contributed by atoms with Gasteiger partial charge < -0.3 is 14.2 Å². The van der Waals surface area contributed by atoms with E-state index < -0.39 is 0 Å². The van der Waals surface area contributed by atoms with Crippen LogP contribution in [0.5, 0.6) is 5.75 Å². The number of rotatable bonds is 9. The van der Waals surface area contributed by atoms with E-state index in [0.29, 0.717) is 0 Å². The molecule has 29 heavy (non-hydrogen) atoms. The number of benzene rings is 2. The van der Waals surface area contributed by atoms with Gasteiger partial charge in [0.15, 0.2) is 0 Å². The first-order valence-electron chi connectivity index (χ1n) is 11.1. The number of imidazole rings is 1. The summed E-state index contributed by atoms with van der Waals surface area (Å²) < 4.78 is 8.48. The summed E-state index contributed by atoms with van der Waals surface area (Å²) in [5.74, 6) is 2.23. The van der Waals surface area contributed by atoms with Crippen LogP contribution in [-0.2, 0) is 13.0 Å². The van der Waals surface area contributed by atoms with Crippen LogP contribution in [0, 0.1) is 13.8 Å². The molecule has 4 heteroatoms. The highest BCUT2D eigenvalue weighted by molar-refractivity contribution is 5.75.